The lowest BCUT2D eigenvalue weighted by atomic mass is 10.1. The highest BCUT2D eigenvalue weighted by molar-refractivity contribution is 7.80. The molecule has 0 heterocycles. The molecule has 0 aliphatic heterocycles. The molecule has 3 nitrogen and oxygen atoms in total. The Bertz CT molecular complexity index is 177. The first-order valence-electron chi connectivity index (χ1n) is 6.89. The van der Waals surface area contributed by atoms with Crippen molar-refractivity contribution in [2.24, 2.45) is 5.73 Å². The Morgan fingerprint density at radius 3 is 2.00 bits per heavy atom. The molecule has 0 unspecified atom stereocenters. The van der Waals surface area contributed by atoms with Crippen LogP contribution in [0.4, 0.5) is 0 Å². The van der Waals surface area contributed by atoms with E-state index in [1.165, 1.54) is 44.9 Å². The maximum absolute atomic E-state index is 11.2. The Kier molecular flexibility index (Phi) is 13.7. The average Bonchev–Trinajstić information content (AvgIpc) is 2.34. The maximum atomic E-state index is 11.2. The molecule has 0 aliphatic rings. The highest BCUT2D eigenvalue weighted by atomic mass is 32.1. The molecule has 0 atom stereocenters. The van der Waals surface area contributed by atoms with Crippen LogP contribution in [0.5, 0.6) is 0 Å². The molecule has 0 rings (SSSR count). The van der Waals surface area contributed by atoms with Gasteiger partial charge in [-0.1, -0.05) is 38.5 Å². The summed E-state index contributed by atoms with van der Waals surface area (Å²) >= 11 is 4.19. The zero-order valence-corrected chi connectivity index (χ0v) is 11.8. The monoisotopic (exact) mass is 260 g/mol. The van der Waals surface area contributed by atoms with E-state index in [-0.39, 0.29) is 5.91 Å². The molecule has 4 heteroatoms. The van der Waals surface area contributed by atoms with Gasteiger partial charge in [0, 0.05) is 19.5 Å². The van der Waals surface area contributed by atoms with E-state index in [2.05, 4.69) is 17.9 Å². The van der Waals surface area contributed by atoms with E-state index in [4.69, 9.17) is 5.73 Å². The van der Waals surface area contributed by atoms with Crippen LogP contribution < -0.4 is 11.1 Å². The molecular formula is C13H28N2OS. The molecular weight excluding hydrogens is 232 g/mol. The second-order valence-electron chi connectivity index (χ2n) is 4.44. The van der Waals surface area contributed by atoms with Crippen LogP contribution in [0, 0.1) is 0 Å². The van der Waals surface area contributed by atoms with Crippen molar-refractivity contribution in [3.05, 3.63) is 0 Å². The predicted octanol–water partition coefficient (Wildman–Crippen LogP) is 2.50. The fourth-order valence-electron chi connectivity index (χ4n) is 1.76. The second-order valence-corrected chi connectivity index (χ2v) is 4.89. The van der Waals surface area contributed by atoms with Crippen molar-refractivity contribution in [3.63, 3.8) is 0 Å². The van der Waals surface area contributed by atoms with Crippen molar-refractivity contribution in [1.29, 1.82) is 0 Å². The molecule has 0 aromatic heterocycles. The van der Waals surface area contributed by atoms with Gasteiger partial charge in [-0.2, -0.15) is 12.6 Å². The zero-order valence-electron chi connectivity index (χ0n) is 10.9. The van der Waals surface area contributed by atoms with Crippen LogP contribution in [0.15, 0.2) is 0 Å². The lowest BCUT2D eigenvalue weighted by molar-refractivity contribution is -0.121. The number of hydrogen-bond donors (Lipinski definition) is 3. The summed E-state index contributed by atoms with van der Waals surface area (Å²) in [6.45, 7) is 1.13. The highest BCUT2D eigenvalue weighted by Gasteiger charge is 1.99. The topological polar surface area (TPSA) is 55.1 Å². The van der Waals surface area contributed by atoms with E-state index in [0.29, 0.717) is 19.5 Å². The molecule has 0 saturated carbocycles. The van der Waals surface area contributed by atoms with Crippen LogP contribution in [0.3, 0.4) is 0 Å². The molecule has 102 valence electrons. The summed E-state index contributed by atoms with van der Waals surface area (Å²) in [5, 5.41) is 2.79. The lowest BCUT2D eigenvalue weighted by Gasteiger charge is -2.03. The zero-order chi connectivity index (χ0) is 12.8. The summed E-state index contributed by atoms with van der Waals surface area (Å²) in [6, 6.07) is 0. The van der Waals surface area contributed by atoms with E-state index in [0.717, 1.165) is 12.2 Å². The van der Waals surface area contributed by atoms with Crippen LogP contribution in [0.25, 0.3) is 0 Å². The minimum Gasteiger partial charge on any atom is -0.355 e. The van der Waals surface area contributed by atoms with E-state index in [9.17, 15) is 4.79 Å². The van der Waals surface area contributed by atoms with E-state index >= 15 is 0 Å². The Morgan fingerprint density at radius 2 is 1.47 bits per heavy atom. The number of rotatable bonds is 12. The third-order valence-electron chi connectivity index (χ3n) is 2.78. The lowest BCUT2D eigenvalue weighted by Crippen LogP contribution is -2.28. The molecule has 0 fully saturated rings. The van der Waals surface area contributed by atoms with Gasteiger partial charge in [0.1, 0.15) is 0 Å². The summed E-state index contributed by atoms with van der Waals surface area (Å²) in [7, 11) is 0. The average molecular weight is 260 g/mol. The molecule has 0 radical (unpaired) electrons. The van der Waals surface area contributed by atoms with Crippen molar-refractivity contribution in [1.82, 2.24) is 5.32 Å². The standard InChI is InChI=1S/C13H28N2OS/c14-10-11-15-13(16)9-7-5-3-1-2-4-6-8-12-17/h17H,1-12,14H2,(H,15,16). The number of carbonyl (C=O) groups is 1. The van der Waals surface area contributed by atoms with Crippen molar-refractivity contribution in [2.75, 3.05) is 18.8 Å². The normalized spacial score (nSPS) is 10.5. The third-order valence-corrected chi connectivity index (χ3v) is 3.09. The molecule has 0 spiro atoms. The number of nitrogens with two attached hydrogens (primary N) is 1. The van der Waals surface area contributed by atoms with Crippen molar-refractivity contribution in [2.45, 2.75) is 57.8 Å². The molecule has 17 heavy (non-hydrogen) atoms. The number of carbonyl (C=O) groups excluding carboxylic acids is 1. The molecule has 0 aromatic carbocycles. The SMILES string of the molecule is NCCNC(=O)CCCCCCCCCCS. The molecule has 0 saturated heterocycles. The van der Waals surface area contributed by atoms with Crippen LogP contribution in [0.1, 0.15) is 57.8 Å². The Hall–Kier alpha value is -0.220. The third kappa shape index (κ3) is 13.7. The number of amides is 1. The van der Waals surface area contributed by atoms with Crippen LogP contribution in [-0.4, -0.2) is 24.7 Å². The first-order chi connectivity index (χ1) is 8.31. The number of unbranched alkanes of at least 4 members (excludes halogenated alkanes) is 7. The second kappa shape index (κ2) is 13.8. The summed E-state index contributed by atoms with van der Waals surface area (Å²) in [5.41, 5.74) is 5.30. The van der Waals surface area contributed by atoms with Crippen LogP contribution in [0.2, 0.25) is 0 Å². The van der Waals surface area contributed by atoms with Gasteiger partial charge in [-0.05, 0) is 18.6 Å². The van der Waals surface area contributed by atoms with Crippen LogP contribution >= 0.6 is 12.6 Å². The summed E-state index contributed by atoms with van der Waals surface area (Å²) < 4.78 is 0. The molecule has 0 aromatic rings. The molecule has 1 amide bonds. The quantitative estimate of drug-likeness (QED) is 0.373. The van der Waals surface area contributed by atoms with Gasteiger partial charge in [0.05, 0.1) is 0 Å². The first kappa shape index (κ1) is 16.8. The van der Waals surface area contributed by atoms with E-state index in [1.54, 1.807) is 0 Å². The molecule has 3 N–H and O–H groups in total. The van der Waals surface area contributed by atoms with Gasteiger partial charge in [0.2, 0.25) is 5.91 Å². The summed E-state index contributed by atoms with van der Waals surface area (Å²) in [6.07, 6.45) is 10.6. The summed E-state index contributed by atoms with van der Waals surface area (Å²) in [5.74, 6) is 1.15. The predicted molar refractivity (Wildman–Crippen MR) is 77.5 cm³/mol. The van der Waals surface area contributed by atoms with Gasteiger partial charge in [0.15, 0.2) is 0 Å². The Labute approximate surface area is 111 Å². The van der Waals surface area contributed by atoms with Gasteiger partial charge in [-0.15, -0.1) is 0 Å². The van der Waals surface area contributed by atoms with E-state index < -0.39 is 0 Å². The first-order valence-corrected chi connectivity index (χ1v) is 7.52. The van der Waals surface area contributed by atoms with Gasteiger partial charge >= 0.3 is 0 Å². The van der Waals surface area contributed by atoms with Crippen molar-refractivity contribution < 1.29 is 4.79 Å². The fraction of sp³-hybridized carbons (Fsp3) is 0.923. The minimum absolute atomic E-state index is 0.143. The fourth-order valence-corrected chi connectivity index (χ4v) is 1.98. The van der Waals surface area contributed by atoms with Gasteiger partial charge in [-0.3, -0.25) is 4.79 Å². The number of thiol groups is 1. The minimum atomic E-state index is 0.143. The number of nitrogens with one attached hydrogen (secondary N) is 1. The van der Waals surface area contributed by atoms with E-state index in [1.807, 2.05) is 0 Å². The summed E-state index contributed by atoms with van der Waals surface area (Å²) in [4.78, 5) is 11.2. The largest absolute Gasteiger partial charge is 0.355 e. The Balaban J connectivity index is 3.05. The highest BCUT2D eigenvalue weighted by Crippen LogP contribution is 2.09. The smallest absolute Gasteiger partial charge is 0.220 e. The van der Waals surface area contributed by atoms with Gasteiger partial charge < -0.3 is 11.1 Å². The van der Waals surface area contributed by atoms with Crippen molar-refractivity contribution >= 4 is 18.5 Å². The maximum Gasteiger partial charge on any atom is 0.220 e. The van der Waals surface area contributed by atoms with Crippen LogP contribution in [-0.2, 0) is 4.79 Å². The molecule has 0 aliphatic carbocycles. The van der Waals surface area contributed by atoms with Crippen molar-refractivity contribution in [3.8, 4) is 0 Å². The number of hydrogen-bond acceptors (Lipinski definition) is 3. The Morgan fingerprint density at radius 1 is 0.941 bits per heavy atom. The molecule has 0 bridgehead atoms. The van der Waals surface area contributed by atoms with Gasteiger partial charge in [0.25, 0.3) is 0 Å². The van der Waals surface area contributed by atoms with Gasteiger partial charge in [-0.25, -0.2) is 0 Å².